The van der Waals surface area contributed by atoms with Crippen molar-refractivity contribution in [3.05, 3.63) is 29.3 Å². The zero-order chi connectivity index (χ0) is 13.9. The third kappa shape index (κ3) is 4.03. The van der Waals surface area contributed by atoms with Crippen LogP contribution >= 0.6 is 0 Å². The molecule has 1 aromatic carbocycles. The van der Waals surface area contributed by atoms with Gasteiger partial charge in [-0.3, -0.25) is 0 Å². The van der Waals surface area contributed by atoms with Gasteiger partial charge in [0.1, 0.15) is 0 Å². The average Bonchev–Trinajstić information content (AvgIpc) is 2.37. The molecule has 1 fully saturated rings. The average molecular weight is 282 g/mol. The molecule has 2 rings (SSSR count). The monoisotopic (exact) mass is 282 g/mol. The van der Waals surface area contributed by atoms with Crippen molar-refractivity contribution in [2.75, 3.05) is 19.6 Å². The molecule has 0 spiro atoms. The van der Waals surface area contributed by atoms with Crippen LogP contribution < -0.4 is 10.0 Å². The van der Waals surface area contributed by atoms with E-state index in [2.05, 4.69) is 10.0 Å². The van der Waals surface area contributed by atoms with E-state index in [4.69, 9.17) is 0 Å². The van der Waals surface area contributed by atoms with Crippen LogP contribution in [0.3, 0.4) is 0 Å². The minimum absolute atomic E-state index is 0.369. The lowest BCUT2D eigenvalue weighted by atomic mass is 10.0. The van der Waals surface area contributed by atoms with Gasteiger partial charge < -0.3 is 5.32 Å². The number of hydrogen-bond acceptors (Lipinski definition) is 3. The molecular formula is C14H22N2O2S. The number of aryl methyl sites for hydroxylation is 2. The Morgan fingerprint density at radius 1 is 1.26 bits per heavy atom. The van der Waals surface area contributed by atoms with Crippen molar-refractivity contribution in [3.63, 3.8) is 0 Å². The maximum Gasteiger partial charge on any atom is 0.240 e. The van der Waals surface area contributed by atoms with Gasteiger partial charge in [-0.1, -0.05) is 6.07 Å². The van der Waals surface area contributed by atoms with Gasteiger partial charge in [-0.2, -0.15) is 0 Å². The predicted molar refractivity (Wildman–Crippen MR) is 76.7 cm³/mol. The summed E-state index contributed by atoms with van der Waals surface area (Å²) in [6.45, 7) is 6.28. The first-order chi connectivity index (χ1) is 8.97. The van der Waals surface area contributed by atoms with Crippen molar-refractivity contribution in [2.24, 2.45) is 5.92 Å². The topological polar surface area (TPSA) is 58.2 Å². The van der Waals surface area contributed by atoms with Gasteiger partial charge in [-0.25, -0.2) is 13.1 Å². The first-order valence-corrected chi connectivity index (χ1v) is 8.24. The Labute approximate surface area is 115 Å². The lowest BCUT2D eigenvalue weighted by molar-refractivity contribution is 0.376. The molecule has 2 N–H and O–H groups in total. The van der Waals surface area contributed by atoms with E-state index in [0.29, 0.717) is 17.4 Å². The van der Waals surface area contributed by atoms with E-state index in [0.717, 1.165) is 37.1 Å². The molecule has 1 heterocycles. The van der Waals surface area contributed by atoms with Gasteiger partial charge in [0.2, 0.25) is 10.0 Å². The van der Waals surface area contributed by atoms with Crippen LogP contribution in [0.25, 0.3) is 0 Å². The van der Waals surface area contributed by atoms with E-state index < -0.39 is 10.0 Å². The second-order valence-corrected chi connectivity index (χ2v) is 7.15. The highest BCUT2D eigenvalue weighted by atomic mass is 32.2. The molecule has 1 saturated heterocycles. The van der Waals surface area contributed by atoms with Crippen LogP contribution in [0.5, 0.6) is 0 Å². The van der Waals surface area contributed by atoms with Crippen molar-refractivity contribution < 1.29 is 8.42 Å². The third-order valence-electron chi connectivity index (χ3n) is 3.47. The van der Waals surface area contributed by atoms with Gasteiger partial charge in [0.15, 0.2) is 0 Å². The molecule has 0 radical (unpaired) electrons. The number of rotatable bonds is 4. The van der Waals surface area contributed by atoms with Crippen LogP contribution in [-0.2, 0) is 10.0 Å². The van der Waals surface area contributed by atoms with Crippen molar-refractivity contribution in [1.82, 2.24) is 10.0 Å². The second kappa shape index (κ2) is 6.03. The molecule has 0 aromatic heterocycles. The lowest BCUT2D eigenvalue weighted by Crippen LogP contribution is -2.38. The number of hydrogen-bond donors (Lipinski definition) is 2. The molecule has 0 aliphatic carbocycles. The summed E-state index contributed by atoms with van der Waals surface area (Å²) < 4.78 is 27.2. The van der Waals surface area contributed by atoms with E-state index >= 15 is 0 Å². The molecule has 1 aromatic rings. The van der Waals surface area contributed by atoms with E-state index in [1.54, 1.807) is 12.1 Å². The molecule has 0 bridgehead atoms. The molecule has 1 aliphatic rings. The minimum Gasteiger partial charge on any atom is -0.316 e. The van der Waals surface area contributed by atoms with Crippen LogP contribution in [0.1, 0.15) is 24.0 Å². The molecule has 19 heavy (non-hydrogen) atoms. The van der Waals surface area contributed by atoms with E-state index in [-0.39, 0.29) is 0 Å². The Bertz CT molecular complexity index is 514. The summed E-state index contributed by atoms with van der Waals surface area (Å²) in [5.41, 5.74) is 1.94. The fourth-order valence-corrected chi connectivity index (χ4v) is 3.80. The zero-order valence-electron chi connectivity index (χ0n) is 11.6. The molecule has 5 heteroatoms. The van der Waals surface area contributed by atoms with Gasteiger partial charge in [0.25, 0.3) is 0 Å². The molecular weight excluding hydrogens is 260 g/mol. The largest absolute Gasteiger partial charge is 0.316 e. The second-order valence-electron chi connectivity index (χ2n) is 5.39. The standard InChI is InChI=1S/C14H22N2O2S/c1-11-6-12(2)8-14(7-11)19(17,18)16-10-13-4-3-5-15-9-13/h6-8,13,15-16H,3-5,9-10H2,1-2H3. The Kier molecular flexibility index (Phi) is 4.60. The summed E-state index contributed by atoms with van der Waals surface area (Å²) in [5, 5.41) is 3.29. The fourth-order valence-electron chi connectivity index (χ4n) is 2.50. The van der Waals surface area contributed by atoms with Crippen molar-refractivity contribution in [2.45, 2.75) is 31.6 Å². The van der Waals surface area contributed by atoms with E-state index in [9.17, 15) is 8.42 Å². The summed E-state index contributed by atoms with van der Waals surface area (Å²) in [7, 11) is -3.38. The highest BCUT2D eigenvalue weighted by Crippen LogP contribution is 2.15. The normalized spacial score (nSPS) is 20.4. The highest BCUT2D eigenvalue weighted by molar-refractivity contribution is 7.89. The first kappa shape index (κ1) is 14.5. The SMILES string of the molecule is Cc1cc(C)cc(S(=O)(=O)NCC2CCCNC2)c1. The third-order valence-corrected chi connectivity index (χ3v) is 4.87. The van der Waals surface area contributed by atoms with Gasteiger partial charge >= 0.3 is 0 Å². The lowest BCUT2D eigenvalue weighted by Gasteiger charge is -2.22. The van der Waals surface area contributed by atoms with Crippen molar-refractivity contribution in [1.29, 1.82) is 0 Å². The Morgan fingerprint density at radius 2 is 1.95 bits per heavy atom. The van der Waals surface area contributed by atoms with Gasteiger partial charge in [0.05, 0.1) is 4.90 Å². The van der Waals surface area contributed by atoms with Crippen LogP contribution in [-0.4, -0.2) is 28.1 Å². The van der Waals surface area contributed by atoms with Gasteiger partial charge in [-0.05, 0) is 69.0 Å². The summed E-state index contributed by atoms with van der Waals surface area (Å²) in [6, 6.07) is 5.41. The summed E-state index contributed by atoms with van der Waals surface area (Å²) >= 11 is 0. The number of nitrogens with one attached hydrogen (secondary N) is 2. The number of sulfonamides is 1. The van der Waals surface area contributed by atoms with Crippen molar-refractivity contribution >= 4 is 10.0 Å². The Morgan fingerprint density at radius 3 is 2.53 bits per heavy atom. The number of benzene rings is 1. The van der Waals surface area contributed by atoms with Crippen LogP contribution in [0.4, 0.5) is 0 Å². The number of piperidine rings is 1. The maximum atomic E-state index is 12.2. The molecule has 0 amide bonds. The molecule has 1 atom stereocenters. The predicted octanol–water partition coefficient (Wildman–Crippen LogP) is 1.58. The van der Waals surface area contributed by atoms with Gasteiger partial charge in [-0.15, -0.1) is 0 Å². The molecule has 0 saturated carbocycles. The molecule has 4 nitrogen and oxygen atoms in total. The van der Waals surface area contributed by atoms with Crippen molar-refractivity contribution in [3.8, 4) is 0 Å². The van der Waals surface area contributed by atoms with Crippen LogP contribution in [0.2, 0.25) is 0 Å². The first-order valence-electron chi connectivity index (χ1n) is 6.76. The van der Waals surface area contributed by atoms with Gasteiger partial charge in [0, 0.05) is 6.54 Å². The Balaban J connectivity index is 2.04. The minimum atomic E-state index is -3.38. The molecule has 1 aliphatic heterocycles. The highest BCUT2D eigenvalue weighted by Gasteiger charge is 2.18. The van der Waals surface area contributed by atoms with E-state index in [1.165, 1.54) is 0 Å². The van der Waals surface area contributed by atoms with Crippen LogP contribution in [0, 0.1) is 19.8 Å². The fraction of sp³-hybridized carbons (Fsp3) is 0.571. The summed E-state index contributed by atoms with van der Waals surface area (Å²) in [6.07, 6.45) is 2.21. The smallest absolute Gasteiger partial charge is 0.240 e. The summed E-state index contributed by atoms with van der Waals surface area (Å²) in [4.78, 5) is 0.369. The molecule has 1 unspecified atom stereocenters. The zero-order valence-corrected chi connectivity index (χ0v) is 12.4. The Hall–Kier alpha value is -0.910. The quantitative estimate of drug-likeness (QED) is 0.881. The van der Waals surface area contributed by atoms with E-state index in [1.807, 2.05) is 19.9 Å². The van der Waals surface area contributed by atoms with Crippen LogP contribution in [0.15, 0.2) is 23.1 Å². The maximum absolute atomic E-state index is 12.2. The molecule has 106 valence electrons. The summed E-state index contributed by atoms with van der Waals surface area (Å²) in [5.74, 6) is 0.398.